The number of carbonyl (C=O) groups is 2. The van der Waals surface area contributed by atoms with Gasteiger partial charge in [0.15, 0.2) is 0 Å². The number of azide groups is 1. The first kappa shape index (κ1) is 24.0. The summed E-state index contributed by atoms with van der Waals surface area (Å²) in [6.45, 7) is 9.78. The molecule has 2 fully saturated rings. The third kappa shape index (κ3) is 5.40. The predicted octanol–water partition coefficient (Wildman–Crippen LogP) is 4.56. The minimum Gasteiger partial charge on any atom is -0.444 e. The second-order valence-electron chi connectivity index (χ2n) is 9.01. The fraction of sp³-hybridized carbons (Fsp3) is 0.571. The molecule has 1 aromatic rings. The van der Waals surface area contributed by atoms with Gasteiger partial charge in [-0.25, -0.2) is 9.78 Å². The zero-order chi connectivity index (χ0) is 23.5. The van der Waals surface area contributed by atoms with Gasteiger partial charge in [0.25, 0.3) is 0 Å². The van der Waals surface area contributed by atoms with Crippen LogP contribution in [0.2, 0.25) is 0 Å². The number of hydrogen-bond donors (Lipinski definition) is 1. The summed E-state index contributed by atoms with van der Waals surface area (Å²) in [5.41, 5.74) is 8.34. The molecule has 1 saturated heterocycles. The topological polar surface area (TPSA) is 130 Å². The Hall–Kier alpha value is -2.62. The van der Waals surface area contributed by atoms with Gasteiger partial charge in [-0.2, -0.15) is 0 Å². The smallest absolute Gasteiger partial charge is 0.411 e. The Morgan fingerprint density at radius 1 is 1.47 bits per heavy atom. The van der Waals surface area contributed by atoms with Gasteiger partial charge in [-0.3, -0.25) is 9.69 Å². The monoisotopic (exact) mass is 506 g/mol. The van der Waals surface area contributed by atoms with E-state index in [1.807, 2.05) is 0 Å². The van der Waals surface area contributed by atoms with Gasteiger partial charge in [0.1, 0.15) is 22.1 Å². The quantitative estimate of drug-likeness (QED) is 0.138. The molecule has 1 aliphatic heterocycles. The highest BCUT2D eigenvalue weighted by atomic mass is 79.9. The van der Waals surface area contributed by atoms with E-state index in [0.29, 0.717) is 35.4 Å². The zero-order valence-electron chi connectivity index (χ0n) is 18.4. The van der Waals surface area contributed by atoms with Crippen molar-refractivity contribution in [1.29, 1.82) is 0 Å². The van der Waals surface area contributed by atoms with Gasteiger partial charge in [0.2, 0.25) is 5.91 Å². The summed E-state index contributed by atoms with van der Waals surface area (Å²) < 4.78 is 11.6. The number of piperidine rings is 1. The molecule has 32 heavy (non-hydrogen) atoms. The molecule has 0 spiro atoms. The van der Waals surface area contributed by atoms with Gasteiger partial charge < -0.3 is 14.8 Å². The average molecular weight is 507 g/mol. The fourth-order valence-corrected chi connectivity index (χ4v) is 4.29. The first-order valence-corrected chi connectivity index (χ1v) is 11.1. The Balaban J connectivity index is 1.82. The maximum Gasteiger partial charge on any atom is 0.411 e. The lowest BCUT2D eigenvalue weighted by Crippen LogP contribution is -2.47. The van der Waals surface area contributed by atoms with Crippen LogP contribution in [0.4, 0.5) is 10.6 Å². The highest BCUT2D eigenvalue weighted by Gasteiger charge is 2.67. The van der Waals surface area contributed by atoms with Gasteiger partial charge in [-0.1, -0.05) is 17.3 Å². The summed E-state index contributed by atoms with van der Waals surface area (Å²) >= 11 is 3.32. The van der Waals surface area contributed by atoms with E-state index in [4.69, 9.17) is 15.0 Å². The van der Waals surface area contributed by atoms with Gasteiger partial charge in [0, 0.05) is 28.5 Å². The maximum atomic E-state index is 13.3. The second kappa shape index (κ2) is 9.48. The molecule has 1 N–H and O–H groups in total. The molecule has 2 unspecified atom stereocenters. The van der Waals surface area contributed by atoms with E-state index in [-0.39, 0.29) is 25.1 Å². The molecule has 1 saturated carbocycles. The molecule has 10 nitrogen and oxygen atoms in total. The lowest BCUT2D eigenvalue weighted by molar-refractivity contribution is -0.121. The number of anilines is 1. The lowest BCUT2D eigenvalue weighted by atomic mass is 9.99. The third-order valence-corrected chi connectivity index (χ3v) is 5.90. The summed E-state index contributed by atoms with van der Waals surface area (Å²) in [7, 11) is 0. The molecule has 2 amide bonds. The lowest BCUT2D eigenvalue weighted by Gasteiger charge is -2.30. The van der Waals surface area contributed by atoms with Crippen molar-refractivity contribution >= 4 is 33.7 Å². The van der Waals surface area contributed by atoms with Crippen molar-refractivity contribution in [3.8, 4) is 0 Å². The van der Waals surface area contributed by atoms with Crippen molar-refractivity contribution in [3.05, 3.63) is 45.4 Å². The molecule has 0 bridgehead atoms. The van der Waals surface area contributed by atoms with E-state index < -0.39 is 23.2 Å². The number of rotatable bonds is 8. The van der Waals surface area contributed by atoms with Gasteiger partial charge in [-0.05, 0) is 61.1 Å². The number of likely N-dealkylation sites (tertiary alicyclic amines) is 1. The second-order valence-corrected chi connectivity index (χ2v) is 9.83. The van der Waals surface area contributed by atoms with E-state index in [1.165, 1.54) is 4.90 Å². The summed E-state index contributed by atoms with van der Waals surface area (Å²) in [4.78, 5) is 34.9. The molecular weight excluding hydrogens is 480 g/mol. The van der Waals surface area contributed by atoms with Crippen LogP contribution in [0, 0.1) is 5.41 Å². The van der Waals surface area contributed by atoms with Crippen LogP contribution in [-0.2, 0) is 20.9 Å². The molecule has 2 aliphatic rings. The summed E-state index contributed by atoms with van der Waals surface area (Å²) in [6.07, 6.45) is 2.14. The largest absolute Gasteiger partial charge is 0.444 e. The predicted molar refractivity (Wildman–Crippen MR) is 122 cm³/mol. The van der Waals surface area contributed by atoms with Crippen LogP contribution in [0.5, 0.6) is 0 Å². The van der Waals surface area contributed by atoms with Crippen molar-refractivity contribution in [3.63, 3.8) is 0 Å². The minimum absolute atomic E-state index is 0.204. The molecule has 3 rings (SSSR count). The fourth-order valence-electron chi connectivity index (χ4n) is 3.98. The zero-order valence-corrected chi connectivity index (χ0v) is 20.0. The number of halogens is 1. The molecule has 2 heterocycles. The van der Waals surface area contributed by atoms with Gasteiger partial charge in [-0.15, -0.1) is 6.58 Å². The Morgan fingerprint density at radius 2 is 2.22 bits per heavy atom. The Labute approximate surface area is 195 Å². The van der Waals surface area contributed by atoms with Crippen LogP contribution in [0.15, 0.2) is 34.5 Å². The van der Waals surface area contributed by atoms with Crippen LogP contribution in [0.3, 0.4) is 0 Å². The van der Waals surface area contributed by atoms with E-state index in [2.05, 4.69) is 42.8 Å². The standard InChI is InChI=1S/C21H27BrN6O4/c1-5-8-31-11-13-6-7-16(22)25-17(13)26-18(29)14-9-21(12-24-27-23)10-15(21)28(14)19(30)32-20(2,3)4/h5-7,14-15H,1,8-12H2,2-4H3,(H,25,26,29)/t14-,15?,21?/m0/s1. The molecular formula is C21H27BrN6O4. The SMILES string of the molecule is C=CCOCc1ccc(Br)nc1NC(=O)[C@@H]1CC2(CN=[N+]=[N-])CC2N1C(=O)OC(C)(C)C. The number of nitrogens with zero attached hydrogens (tertiary/aromatic N) is 5. The molecule has 1 aliphatic carbocycles. The average Bonchev–Trinajstić information content (AvgIpc) is 3.30. The molecule has 0 radical (unpaired) electrons. The number of aromatic nitrogens is 1. The van der Waals surface area contributed by atoms with E-state index in [0.717, 1.165) is 0 Å². The number of nitrogens with one attached hydrogen (secondary N) is 1. The number of hydrogen-bond acceptors (Lipinski definition) is 6. The van der Waals surface area contributed by atoms with E-state index in [1.54, 1.807) is 39.0 Å². The van der Waals surface area contributed by atoms with Gasteiger partial charge in [0.05, 0.1) is 13.2 Å². The highest BCUT2D eigenvalue weighted by Crippen LogP contribution is 2.60. The minimum atomic E-state index is -0.764. The number of amides is 2. The van der Waals surface area contributed by atoms with E-state index in [9.17, 15) is 9.59 Å². The van der Waals surface area contributed by atoms with Crippen LogP contribution in [0.25, 0.3) is 10.4 Å². The molecule has 0 aromatic carbocycles. The van der Waals surface area contributed by atoms with Crippen molar-refractivity contribution in [2.75, 3.05) is 18.5 Å². The number of fused-ring (bicyclic) bond motifs is 1. The van der Waals surface area contributed by atoms with Crippen LogP contribution in [-0.4, -0.2) is 52.7 Å². The van der Waals surface area contributed by atoms with Crippen molar-refractivity contribution < 1.29 is 19.1 Å². The van der Waals surface area contributed by atoms with Gasteiger partial charge >= 0.3 is 6.09 Å². The maximum absolute atomic E-state index is 13.3. The summed E-state index contributed by atoms with van der Waals surface area (Å²) in [5, 5.41) is 6.55. The van der Waals surface area contributed by atoms with Crippen molar-refractivity contribution in [2.45, 2.75) is 57.9 Å². The first-order chi connectivity index (χ1) is 15.1. The normalized spacial score (nSPS) is 23.7. The Morgan fingerprint density at radius 3 is 2.88 bits per heavy atom. The molecule has 172 valence electrons. The van der Waals surface area contributed by atoms with Crippen molar-refractivity contribution in [2.24, 2.45) is 10.5 Å². The molecule has 3 atom stereocenters. The number of ether oxygens (including phenoxy) is 2. The Bertz CT molecular complexity index is 958. The third-order valence-electron chi connectivity index (χ3n) is 5.45. The van der Waals surface area contributed by atoms with Crippen LogP contribution in [0.1, 0.15) is 39.2 Å². The van der Waals surface area contributed by atoms with Crippen LogP contribution < -0.4 is 5.32 Å². The Kier molecular flexibility index (Phi) is 7.12. The van der Waals surface area contributed by atoms with Crippen LogP contribution >= 0.6 is 15.9 Å². The van der Waals surface area contributed by atoms with E-state index >= 15 is 0 Å². The first-order valence-electron chi connectivity index (χ1n) is 10.3. The molecule has 1 aromatic heterocycles. The molecule has 11 heteroatoms. The summed E-state index contributed by atoms with van der Waals surface area (Å²) in [6, 6.07) is 2.59. The number of pyridine rings is 1. The summed E-state index contributed by atoms with van der Waals surface area (Å²) in [5.74, 6) is -0.0267. The number of carbonyl (C=O) groups excluding carboxylic acids is 2. The highest BCUT2D eigenvalue weighted by molar-refractivity contribution is 9.10. The van der Waals surface area contributed by atoms with Crippen molar-refractivity contribution in [1.82, 2.24) is 9.88 Å².